The van der Waals surface area contributed by atoms with E-state index in [9.17, 15) is 14.7 Å². The van der Waals surface area contributed by atoms with Gasteiger partial charge in [-0.1, -0.05) is 24.1 Å². The van der Waals surface area contributed by atoms with Crippen LogP contribution in [0.2, 0.25) is 0 Å². The first-order chi connectivity index (χ1) is 15.4. The summed E-state index contributed by atoms with van der Waals surface area (Å²) in [5.41, 5.74) is 3.52. The fourth-order valence-corrected chi connectivity index (χ4v) is 4.18. The summed E-state index contributed by atoms with van der Waals surface area (Å²) in [6.45, 7) is 2.00. The predicted molar refractivity (Wildman–Crippen MR) is 123 cm³/mol. The van der Waals surface area contributed by atoms with E-state index in [1.807, 2.05) is 30.3 Å². The largest absolute Gasteiger partial charge is 0.392 e. The lowest BCUT2D eigenvalue weighted by Crippen LogP contribution is -2.39. The number of aliphatic hydroxyl groups excluding tert-OH is 1. The number of terminal acetylenes is 1. The second kappa shape index (κ2) is 9.35. The molecule has 1 fully saturated rings. The van der Waals surface area contributed by atoms with Crippen molar-refractivity contribution in [3.63, 3.8) is 0 Å². The Bertz CT molecular complexity index is 1230. The Morgan fingerprint density at radius 1 is 1.38 bits per heavy atom. The van der Waals surface area contributed by atoms with Gasteiger partial charge in [0.25, 0.3) is 5.56 Å². The average molecular weight is 431 g/mol. The van der Waals surface area contributed by atoms with E-state index in [4.69, 9.17) is 6.42 Å². The summed E-state index contributed by atoms with van der Waals surface area (Å²) in [6, 6.07) is 12.9. The zero-order valence-corrected chi connectivity index (χ0v) is 18.0. The molecule has 2 heterocycles. The molecule has 164 valence electrons. The van der Waals surface area contributed by atoms with Crippen LogP contribution in [0.4, 0.5) is 0 Å². The van der Waals surface area contributed by atoms with Gasteiger partial charge in [-0.25, -0.2) is 4.98 Å². The molecule has 1 aliphatic heterocycles. The third kappa shape index (κ3) is 4.88. The van der Waals surface area contributed by atoms with Crippen LogP contribution in [0.3, 0.4) is 0 Å². The molecule has 1 aliphatic rings. The van der Waals surface area contributed by atoms with Gasteiger partial charge in [-0.05, 0) is 41.8 Å². The van der Waals surface area contributed by atoms with E-state index >= 15 is 0 Å². The Hall–Kier alpha value is -3.47. The van der Waals surface area contributed by atoms with E-state index in [-0.39, 0.29) is 30.0 Å². The van der Waals surface area contributed by atoms with E-state index in [2.05, 4.69) is 20.8 Å². The van der Waals surface area contributed by atoms with Gasteiger partial charge in [-0.3, -0.25) is 14.5 Å². The van der Waals surface area contributed by atoms with Crippen molar-refractivity contribution in [3.05, 3.63) is 75.7 Å². The molecule has 1 saturated heterocycles. The van der Waals surface area contributed by atoms with Crippen LogP contribution in [-0.4, -0.2) is 63.6 Å². The number of H-pyrrole nitrogens is 1. The van der Waals surface area contributed by atoms with Gasteiger partial charge in [0.1, 0.15) is 0 Å². The zero-order valence-electron chi connectivity index (χ0n) is 18.0. The zero-order chi connectivity index (χ0) is 22.7. The minimum Gasteiger partial charge on any atom is -0.392 e. The molecule has 0 bridgehead atoms. The second-order valence-electron chi connectivity index (χ2n) is 8.27. The minimum absolute atomic E-state index is 0.0496. The molecule has 1 amide bonds. The molecule has 1 aromatic heterocycles. The van der Waals surface area contributed by atoms with Gasteiger partial charge in [-0.15, -0.1) is 6.42 Å². The lowest BCUT2D eigenvalue weighted by atomic mass is 10.0. The van der Waals surface area contributed by atoms with Gasteiger partial charge in [0, 0.05) is 32.2 Å². The van der Waals surface area contributed by atoms with Crippen molar-refractivity contribution in [2.75, 3.05) is 26.7 Å². The highest BCUT2D eigenvalue weighted by Gasteiger charge is 2.28. The number of likely N-dealkylation sites (tertiary alicyclic amines) is 1. The highest BCUT2D eigenvalue weighted by molar-refractivity contribution is 5.81. The lowest BCUT2D eigenvalue weighted by molar-refractivity contribution is -0.131. The highest BCUT2D eigenvalue weighted by atomic mass is 16.3. The smallest absolute Gasteiger partial charge is 0.266 e. The molecule has 2 N–H and O–H groups in total. The number of benzene rings is 2. The number of hydrogen-bond donors (Lipinski definition) is 2. The van der Waals surface area contributed by atoms with Crippen LogP contribution in [0.25, 0.3) is 11.0 Å². The third-order valence-electron chi connectivity index (χ3n) is 5.97. The maximum absolute atomic E-state index is 13.3. The van der Waals surface area contributed by atoms with E-state index in [1.165, 1.54) is 6.20 Å². The Balaban J connectivity index is 1.57. The number of amides is 1. The molecule has 7 heteroatoms. The maximum atomic E-state index is 13.3. The van der Waals surface area contributed by atoms with Crippen LogP contribution in [-0.2, 0) is 11.2 Å². The topological polar surface area (TPSA) is 89.5 Å². The van der Waals surface area contributed by atoms with Gasteiger partial charge >= 0.3 is 0 Å². The quantitative estimate of drug-likeness (QED) is 0.581. The number of fused-ring (bicyclic) bond motifs is 1. The minimum atomic E-state index is -0.331. The molecule has 32 heavy (non-hydrogen) atoms. The number of carbonyl (C=O) groups is 1. The van der Waals surface area contributed by atoms with Crippen molar-refractivity contribution < 1.29 is 9.90 Å². The van der Waals surface area contributed by atoms with Gasteiger partial charge in [-0.2, -0.15) is 0 Å². The number of nitrogens with zero attached hydrogens (tertiary/aromatic N) is 3. The van der Waals surface area contributed by atoms with Crippen LogP contribution in [0.1, 0.15) is 29.2 Å². The molecule has 7 nitrogen and oxygen atoms in total. The molecule has 3 aromatic rings. The third-order valence-corrected chi connectivity index (χ3v) is 5.97. The van der Waals surface area contributed by atoms with Crippen LogP contribution >= 0.6 is 0 Å². The summed E-state index contributed by atoms with van der Waals surface area (Å²) in [6.07, 6.45) is 7.43. The van der Waals surface area contributed by atoms with E-state index in [0.29, 0.717) is 24.1 Å². The Morgan fingerprint density at radius 3 is 2.97 bits per heavy atom. The molecule has 4 rings (SSSR count). The van der Waals surface area contributed by atoms with Gasteiger partial charge in [0.2, 0.25) is 5.91 Å². The van der Waals surface area contributed by atoms with Crippen molar-refractivity contribution in [2.24, 2.45) is 0 Å². The van der Waals surface area contributed by atoms with Crippen LogP contribution in [0.5, 0.6) is 0 Å². The number of nitrogens with one attached hydrogen (secondary N) is 1. The number of rotatable bonds is 6. The van der Waals surface area contributed by atoms with Crippen molar-refractivity contribution in [2.45, 2.75) is 25.0 Å². The summed E-state index contributed by atoms with van der Waals surface area (Å²) < 4.78 is 0. The summed E-state index contributed by atoms with van der Waals surface area (Å²) in [4.78, 5) is 35.6. The fraction of sp³-hybridized carbons (Fsp3) is 0.320. The van der Waals surface area contributed by atoms with Gasteiger partial charge in [0.05, 0.1) is 35.8 Å². The number of aliphatic hydroxyl groups is 1. The highest BCUT2D eigenvalue weighted by Crippen LogP contribution is 2.25. The van der Waals surface area contributed by atoms with Crippen molar-refractivity contribution >= 4 is 16.9 Å². The summed E-state index contributed by atoms with van der Waals surface area (Å²) in [5.74, 6) is 2.61. The SMILES string of the molecule is C#Cc1cccc([C@@H](CN2CC[C@H](O)C2)N(C)C(=O)Cc2ccc3ncc(=O)[nH]c3c2)c1. The normalized spacial score (nSPS) is 17.2. The number of carbonyl (C=O) groups excluding carboxylic acids is 1. The fourth-order valence-electron chi connectivity index (χ4n) is 4.18. The first-order valence-electron chi connectivity index (χ1n) is 10.6. The van der Waals surface area contributed by atoms with Crippen molar-refractivity contribution in [1.82, 2.24) is 19.8 Å². The van der Waals surface area contributed by atoms with Crippen LogP contribution < -0.4 is 5.56 Å². The van der Waals surface area contributed by atoms with Gasteiger partial charge in [0.15, 0.2) is 0 Å². The molecule has 2 aromatic carbocycles. The lowest BCUT2D eigenvalue weighted by Gasteiger charge is -2.32. The summed E-state index contributed by atoms with van der Waals surface area (Å²) >= 11 is 0. The van der Waals surface area contributed by atoms with Crippen LogP contribution in [0.15, 0.2) is 53.5 Å². The Kier molecular flexibility index (Phi) is 6.35. The molecular weight excluding hydrogens is 404 g/mol. The molecule has 0 radical (unpaired) electrons. The summed E-state index contributed by atoms with van der Waals surface area (Å²) in [7, 11) is 1.80. The molecule has 0 saturated carbocycles. The molecule has 0 aliphatic carbocycles. The van der Waals surface area contributed by atoms with E-state index in [1.54, 1.807) is 24.1 Å². The maximum Gasteiger partial charge on any atom is 0.266 e. The Morgan fingerprint density at radius 2 is 2.22 bits per heavy atom. The monoisotopic (exact) mass is 430 g/mol. The number of β-amino-alcohol motifs (C(OH)–C–C–N with tert-alkyl or cyclic N) is 1. The van der Waals surface area contributed by atoms with E-state index < -0.39 is 0 Å². The van der Waals surface area contributed by atoms with Crippen molar-refractivity contribution in [3.8, 4) is 12.3 Å². The number of hydrogen-bond acceptors (Lipinski definition) is 5. The second-order valence-corrected chi connectivity index (χ2v) is 8.27. The number of aromatic amines is 1. The van der Waals surface area contributed by atoms with Crippen LogP contribution in [0, 0.1) is 12.3 Å². The van der Waals surface area contributed by atoms with E-state index in [0.717, 1.165) is 29.7 Å². The molecule has 0 unspecified atom stereocenters. The molecular formula is C25H26N4O3. The predicted octanol–water partition coefficient (Wildman–Crippen LogP) is 1.71. The molecule has 2 atom stereocenters. The first kappa shape index (κ1) is 21.8. The molecule has 0 spiro atoms. The number of likely N-dealkylation sites (N-methyl/N-ethyl adjacent to an activating group) is 1. The average Bonchev–Trinajstić information content (AvgIpc) is 3.21. The number of aromatic nitrogens is 2. The first-order valence-corrected chi connectivity index (χ1v) is 10.6. The van der Waals surface area contributed by atoms with Gasteiger partial charge < -0.3 is 15.0 Å². The Labute approximate surface area is 186 Å². The standard InChI is InChI=1S/C25H26N4O3/c1-3-17-5-4-6-19(11-17)23(16-29-10-9-20(30)15-29)28(2)25(32)13-18-7-8-21-22(12-18)27-24(31)14-26-21/h1,4-8,11-12,14,20,23,30H,9-10,13,15-16H2,2H3,(H,27,31)/t20-,23+/m0/s1. The van der Waals surface area contributed by atoms with Crippen molar-refractivity contribution in [1.29, 1.82) is 0 Å². The summed E-state index contributed by atoms with van der Waals surface area (Å²) in [5, 5.41) is 9.93.